The van der Waals surface area contributed by atoms with Gasteiger partial charge in [0.2, 0.25) is 10.0 Å². The van der Waals surface area contributed by atoms with Gasteiger partial charge in [-0.2, -0.15) is 0 Å². The zero-order chi connectivity index (χ0) is 18.8. The highest BCUT2D eigenvalue weighted by atomic mass is 32.2. The van der Waals surface area contributed by atoms with Gasteiger partial charge in [-0.3, -0.25) is 4.72 Å². The maximum absolute atomic E-state index is 12.5. The van der Waals surface area contributed by atoms with Crippen molar-refractivity contribution in [3.05, 3.63) is 36.4 Å². The standard InChI is InChI=1S/C14H17N3O6S2/c1-22-12-6-3-9(7-13(12)23-2)17-25(20,21)10-4-5-11(15)14(8-10)24(16,18)19/h3-8,17H,15H2,1-2H3,(H2,16,18,19). The number of sulfonamides is 2. The summed E-state index contributed by atoms with van der Waals surface area (Å²) < 4.78 is 60.5. The fourth-order valence-electron chi connectivity index (χ4n) is 2.04. The highest BCUT2D eigenvalue weighted by Crippen LogP contribution is 2.31. The number of nitrogen functional groups attached to an aromatic ring is 1. The summed E-state index contributed by atoms with van der Waals surface area (Å²) in [5.74, 6) is 0.750. The van der Waals surface area contributed by atoms with E-state index >= 15 is 0 Å². The van der Waals surface area contributed by atoms with Crippen LogP contribution in [0.3, 0.4) is 0 Å². The molecule has 0 atom stereocenters. The maximum Gasteiger partial charge on any atom is 0.261 e. The third kappa shape index (κ3) is 4.13. The number of benzene rings is 2. The highest BCUT2D eigenvalue weighted by molar-refractivity contribution is 7.93. The van der Waals surface area contributed by atoms with E-state index in [0.717, 1.165) is 12.1 Å². The predicted molar refractivity (Wildman–Crippen MR) is 92.6 cm³/mol. The van der Waals surface area contributed by atoms with Crippen LogP contribution in [-0.2, 0) is 20.0 Å². The van der Waals surface area contributed by atoms with Gasteiger partial charge in [0.05, 0.1) is 30.5 Å². The number of anilines is 2. The molecule has 0 fully saturated rings. The second kappa shape index (κ2) is 6.78. The average Bonchev–Trinajstić information content (AvgIpc) is 2.53. The van der Waals surface area contributed by atoms with Crippen molar-refractivity contribution in [1.29, 1.82) is 0 Å². The summed E-state index contributed by atoms with van der Waals surface area (Å²) in [6, 6.07) is 7.64. The van der Waals surface area contributed by atoms with E-state index in [-0.39, 0.29) is 16.3 Å². The number of nitrogens with two attached hydrogens (primary N) is 2. The van der Waals surface area contributed by atoms with Crippen molar-refractivity contribution in [2.75, 3.05) is 24.7 Å². The molecule has 2 rings (SSSR count). The molecule has 2 aromatic carbocycles. The third-order valence-corrected chi connectivity index (χ3v) is 5.58. The van der Waals surface area contributed by atoms with Crippen molar-refractivity contribution in [1.82, 2.24) is 0 Å². The van der Waals surface area contributed by atoms with E-state index in [9.17, 15) is 16.8 Å². The molecule has 2 aromatic rings. The van der Waals surface area contributed by atoms with Crippen LogP contribution in [0.25, 0.3) is 0 Å². The SMILES string of the molecule is COc1ccc(NS(=O)(=O)c2ccc(N)c(S(N)(=O)=O)c2)cc1OC. The molecule has 25 heavy (non-hydrogen) atoms. The largest absolute Gasteiger partial charge is 0.493 e. The molecule has 0 bridgehead atoms. The molecule has 9 nitrogen and oxygen atoms in total. The lowest BCUT2D eigenvalue weighted by molar-refractivity contribution is 0.355. The van der Waals surface area contributed by atoms with Gasteiger partial charge in [0, 0.05) is 6.07 Å². The van der Waals surface area contributed by atoms with E-state index in [2.05, 4.69) is 4.72 Å². The number of nitrogens with one attached hydrogen (secondary N) is 1. The molecule has 0 heterocycles. The van der Waals surface area contributed by atoms with Gasteiger partial charge in [0.1, 0.15) is 4.90 Å². The van der Waals surface area contributed by atoms with Crippen molar-refractivity contribution in [3.63, 3.8) is 0 Å². The van der Waals surface area contributed by atoms with Crippen molar-refractivity contribution in [2.24, 2.45) is 5.14 Å². The van der Waals surface area contributed by atoms with E-state index < -0.39 is 24.9 Å². The Morgan fingerprint density at radius 3 is 2.12 bits per heavy atom. The Balaban J connectivity index is 2.44. The first-order chi connectivity index (χ1) is 11.6. The number of methoxy groups -OCH3 is 2. The van der Waals surface area contributed by atoms with E-state index in [1.165, 1.54) is 38.5 Å². The molecule has 0 radical (unpaired) electrons. The monoisotopic (exact) mass is 387 g/mol. The minimum Gasteiger partial charge on any atom is -0.493 e. The highest BCUT2D eigenvalue weighted by Gasteiger charge is 2.20. The topological polar surface area (TPSA) is 151 Å². The Morgan fingerprint density at radius 2 is 1.56 bits per heavy atom. The fraction of sp³-hybridized carbons (Fsp3) is 0.143. The van der Waals surface area contributed by atoms with Crippen LogP contribution >= 0.6 is 0 Å². The van der Waals surface area contributed by atoms with Gasteiger partial charge in [-0.25, -0.2) is 22.0 Å². The van der Waals surface area contributed by atoms with Crippen LogP contribution in [0.2, 0.25) is 0 Å². The van der Waals surface area contributed by atoms with E-state index in [0.29, 0.717) is 11.5 Å². The molecule has 0 amide bonds. The maximum atomic E-state index is 12.5. The van der Waals surface area contributed by atoms with Gasteiger partial charge in [-0.05, 0) is 30.3 Å². The lowest BCUT2D eigenvalue weighted by Crippen LogP contribution is -2.17. The summed E-state index contributed by atoms with van der Waals surface area (Å²) in [7, 11) is -5.38. The molecule has 0 saturated heterocycles. The number of primary sulfonamides is 1. The third-order valence-electron chi connectivity index (χ3n) is 3.24. The van der Waals surface area contributed by atoms with Gasteiger partial charge in [0.15, 0.2) is 11.5 Å². The van der Waals surface area contributed by atoms with Crippen molar-refractivity contribution in [3.8, 4) is 11.5 Å². The van der Waals surface area contributed by atoms with Crippen LogP contribution in [0.15, 0.2) is 46.2 Å². The molecule has 0 spiro atoms. The minimum atomic E-state index is -4.16. The smallest absolute Gasteiger partial charge is 0.261 e. The average molecular weight is 387 g/mol. The van der Waals surface area contributed by atoms with Gasteiger partial charge in [-0.1, -0.05) is 0 Å². The molecule has 0 aromatic heterocycles. The van der Waals surface area contributed by atoms with Crippen molar-refractivity contribution >= 4 is 31.4 Å². The summed E-state index contributed by atoms with van der Waals surface area (Å²) in [5.41, 5.74) is 5.59. The molecular weight excluding hydrogens is 370 g/mol. The van der Waals surface area contributed by atoms with Crippen molar-refractivity contribution < 1.29 is 26.3 Å². The first kappa shape index (κ1) is 18.8. The molecule has 0 aliphatic heterocycles. The van der Waals surface area contributed by atoms with Crippen molar-refractivity contribution in [2.45, 2.75) is 9.79 Å². The quantitative estimate of drug-likeness (QED) is 0.618. The molecule has 0 aliphatic carbocycles. The Labute approximate surface area is 145 Å². The lowest BCUT2D eigenvalue weighted by atomic mass is 10.3. The van der Waals surface area contributed by atoms with Crippen LogP contribution in [-0.4, -0.2) is 31.1 Å². The second-order valence-corrected chi connectivity index (χ2v) is 8.13. The number of hydrogen-bond donors (Lipinski definition) is 3. The van der Waals surface area contributed by atoms with Crippen LogP contribution in [0, 0.1) is 0 Å². The number of ether oxygens (including phenoxy) is 2. The van der Waals surface area contributed by atoms with Gasteiger partial charge < -0.3 is 15.2 Å². The minimum absolute atomic E-state index is 0.146. The first-order valence-corrected chi connectivity index (χ1v) is 9.78. The van der Waals surface area contributed by atoms with Crippen LogP contribution in [0.1, 0.15) is 0 Å². The zero-order valence-electron chi connectivity index (χ0n) is 13.4. The number of rotatable bonds is 6. The normalized spacial score (nSPS) is 11.8. The molecule has 11 heteroatoms. The molecule has 0 saturated carbocycles. The Bertz CT molecular complexity index is 1000. The van der Waals surface area contributed by atoms with Crippen LogP contribution < -0.4 is 25.1 Å². The fourth-order valence-corrected chi connectivity index (χ4v) is 3.88. The Kier molecular flexibility index (Phi) is 5.11. The molecule has 0 aliphatic rings. The van der Waals surface area contributed by atoms with Crippen LogP contribution in [0.4, 0.5) is 11.4 Å². The van der Waals surface area contributed by atoms with Gasteiger partial charge >= 0.3 is 0 Å². The summed E-state index contributed by atoms with van der Waals surface area (Å²) >= 11 is 0. The van der Waals surface area contributed by atoms with E-state index in [4.69, 9.17) is 20.3 Å². The Hall–Kier alpha value is -2.50. The summed E-state index contributed by atoms with van der Waals surface area (Å²) in [6.07, 6.45) is 0. The summed E-state index contributed by atoms with van der Waals surface area (Å²) in [5, 5.41) is 5.04. The summed E-state index contributed by atoms with van der Waals surface area (Å²) in [6.45, 7) is 0. The number of hydrogen-bond acceptors (Lipinski definition) is 7. The van der Waals surface area contributed by atoms with E-state index in [1.54, 1.807) is 0 Å². The lowest BCUT2D eigenvalue weighted by Gasteiger charge is -2.12. The second-order valence-electron chi connectivity index (χ2n) is 4.92. The molecule has 136 valence electrons. The summed E-state index contributed by atoms with van der Waals surface area (Å²) in [4.78, 5) is -0.775. The van der Waals surface area contributed by atoms with Crippen LogP contribution in [0.5, 0.6) is 11.5 Å². The molecule has 5 N–H and O–H groups in total. The zero-order valence-corrected chi connectivity index (χ0v) is 15.0. The van der Waals surface area contributed by atoms with Gasteiger partial charge in [-0.15, -0.1) is 0 Å². The molecular formula is C14H17N3O6S2. The predicted octanol–water partition coefficient (Wildman–Crippen LogP) is 0.734. The van der Waals surface area contributed by atoms with E-state index in [1.807, 2.05) is 0 Å². The Morgan fingerprint density at radius 1 is 0.920 bits per heavy atom. The molecule has 0 unspecified atom stereocenters. The van der Waals surface area contributed by atoms with Gasteiger partial charge in [0.25, 0.3) is 10.0 Å². The first-order valence-electron chi connectivity index (χ1n) is 6.75.